The molecule has 156 valence electrons. The third-order valence-corrected chi connectivity index (χ3v) is 4.65. The number of likely N-dealkylation sites (N-methyl/N-ethyl adjacent to an activating group) is 1. The van der Waals surface area contributed by atoms with Gasteiger partial charge in [-0.3, -0.25) is 14.9 Å². The number of carbonyl (C=O) groups excluding carboxylic acids is 1. The molecule has 2 rings (SSSR count). The van der Waals surface area contributed by atoms with Gasteiger partial charge in [0, 0.05) is 30.8 Å². The van der Waals surface area contributed by atoms with Crippen molar-refractivity contribution in [1.82, 2.24) is 4.90 Å². The van der Waals surface area contributed by atoms with E-state index in [0.717, 1.165) is 0 Å². The molecule has 0 spiro atoms. The molecule has 0 aromatic heterocycles. The number of rotatable bonds is 7. The summed E-state index contributed by atoms with van der Waals surface area (Å²) in [5.74, 6) is 0.238. The molecule has 2 aromatic carbocycles. The molecule has 7 nitrogen and oxygen atoms in total. The van der Waals surface area contributed by atoms with Gasteiger partial charge in [-0.05, 0) is 36.1 Å². The van der Waals surface area contributed by atoms with Crippen LogP contribution < -0.4 is 4.74 Å². The second-order valence-electron chi connectivity index (χ2n) is 8.18. The van der Waals surface area contributed by atoms with Gasteiger partial charge in [-0.2, -0.15) is 0 Å². The normalized spacial score (nSPS) is 12.3. The van der Waals surface area contributed by atoms with Crippen LogP contribution in [0.2, 0.25) is 0 Å². The summed E-state index contributed by atoms with van der Waals surface area (Å²) >= 11 is 0. The lowest BCUT2D eigenvalue weighted by Gasteiger charge is -2.22. The van der Waals surface area contributed by atoms with Gasteiger partial charge in [0.05, 0.1) is 4.92 Å². The number of benzene rings is 2. The van der Waals surface area contributed by atoms with Crippen molar-refractivity contribution < 1.29 is 19.6 Å². The van der Waals surface area contributed by atoms with Crippen LogP contribution in [0.15, 0.2) is 42.5 Å². The van der Waals surface area contributed by atoms with Crippen LogP contribution in [0.5, 0.6) is 5.75 Å². The van der Waals surface area contributed by atoms with Crippen LogP contribution >= 0.6 is 0 Å². The Hall–Kier alpha value is -2.93. The molecule has 0 saturated carbocycles. The number of carbonyl (C=O) groups is 1. The Kier molecular flexibility index (Phi) is 6.97. The zero-order valence-electron chi connectivity index (χ0n) is 17.5. The number of aliphatic hydroxyl groups is 1. The zero-order valence-corrected chi connectivity index (χ0v) is 17.5. The molecule has 1 N–H and O–H groups in total. The Labute approximate surface area is 171 Å². The number of nitro groups is 1. The highest BCUT2D eigenvalue weighted by atomic mass is 16.6. The Morgan fingerprint density at radius 1 is 1.21 bits per heavy atom. The van der Waals surface area contributed by atoms with Crippen molar-refractivity contribution in [2.24, 2.45) is 0 Å². The highest BCUT2D eigenvalue weighted by Crippen LogP contribution is 2.24. The molecular weight excluding hydrogens is 372 g/mol. The predicted molar refractivity (Wildman–Crippen MR) is 111 cm³/mol. The highest BCUT2D eigenvalue weighted by molar-refractivity contribution is 5.94. The summed E-state index contributed by atoms with van der Waals surface area (Å²) in [5.41, 5.74) is 1.82. The summed E-state index contributed by atoms with van der Waals surface area (Å²) in [6, 6.07) is 12.0. The van der Waals surface area contributed by atoms with E-state index in [1.54, 1.807) is 19.1 Å². The third kappa shape index (κ3) is 6.02. The first-order valence-electron chi connectivity index (χ1n) is 9.41. The monoisotopic (exact) mass is 400 g/mol. The SMILES string of the molecule is Cc1ccc(C(=O)N(C)C[C@H](O)COc2ccc(C(C)(C)C)cc2)cc1[N+](=O)[O-]. The van der Waals surface area contributed by atoms with Crippen LogP contribution in [0.3, 0.4) is 0 Å². The Morgan fingerprint density at radius 2 is 1.83 bits per heavy atom. The molecule has 1 atom stereocenters. The maximum absolute atomic E-state index is 12.5. The first-order valence-corrected chi connectivity index (χ1v) is 9.41. The van der Waals surface area contributed by atoms with Gasteiger partial charge >= 0.3 is 0 Å². The standard InChI is InChI=1S/C22H28N2O5/c1-15-6-7-16(12-20(15)24(27)28)21(26)23(5)13-18(25)14-29-19-10-8-17(9-11-19)22(2,3)4/h6-12,18,25H,13-14H2,1-5H3/t18-/m0/s1. The average Bonchev–Trinajstić information content (AvgIpc) is 2.65. The summed E-state index contributed by atoms with van der Waals surface area (Å²) in [6.45, 7) is 8.07. The molecule has 0 radical (unpaired) electrons. The molecule has 2 aromatic rings. The molecule has 0 aliphatic heterocycles. The van der Waals surface area contributed by atoms with Crippen LogP contribution in [0, 0.1) is 17.0 Å². The Bertz CT molecular complexity index is 872. The molecule has 0 fully saturated rings. The largest absolute Gasteiger partial charge is 0.491 e. The second-order valence-corrected chi connectivity index (χ2v) is 8.18. The van der Waals surface area contributed by atoms with E-state index in [-0.39, 0.29) is 29.8 Å². The second kappa shape index (κ2) is 9.05. The first kappa shape index (κ1) is 22.4. The lowest BCUT2D eigenvalue weighted by molar-refractivity contribution is -0.385. The van der Waals surface area contributed by atoms with E-state index in [9.17, 15) is 20.0 Å². The minimum absolute atomic E-state index is 0.0283. The van der Waals surface area contributed by atoms with Gasteiger partial charge in [0.2, 0.25) is 0 Å². The summed E-state index contributed by atoms with van der Waals surface area (Å²) in [7, 11) is 1.54. The minimum atomic E-state index is -0.897. The fourth-order valence-electron chi connectivity index (χ4n) is 2.85. The van der Waals surface area contributed by atoms with Gasteiger partial charge in [-0.1, -0.05) is 39.0 Å². The van der Waals surface area contributed by atoms with Crippen LogP contribution in [0.1, 0.15) is 42.3 Å². The van der Waals surface area contributed by atoms with Gasteiger partial charge < -0.3 is 14.7 Å². The maximum atomic E-state index is 12.5. The number of aryl methyl sites for hydroxylation is 1. The van der Waals surface area contributed by atoms with Crippen LogP contribution in [0.4, 0.5) is 5.69 Å². The molecule has 0 unspecified atom stereocenters. The number of nitro benzene ring substituents is 1. The van der Waals surface area contributed by atoms with Gasteiger partial charge in [0.15, 0.2) is 0 Å². The number of amides is 1. The van der Waals surface area contributed by atoms with Gasteiger partial charge in [-0.15, -0.1) is 0 Å². The molecule has 0 bridgehead atoms. The molecule has 29 heavy (non-hydrogen) atoms. The van der Waals surface area contributed by atoms with Crippen molar-refractivity contribution in [1.29, 1.82) is 0 Å². The lowest BCUT2D eigenvalue weighted by Crippen LogP contribution is -2.37. The average molecular weight is 400 g/mol. The van der Waals surface area contributed by atoms with E-state index in [1.165, 1.54) is 23.6 Å². The molecule has 1 amide bonds. The molecule has 7 heteroatoms. The highest BCUT2D eigenvalue weighted by Gasteiger charge is 2.20. The van der Waals surface area contributed by atoms with E-state index in [2.05, 4.69) is 20.8 Å². The van der Waals surface area contributed by atoms with E-state index in [1.807, 2.05) is 24.3 Å². The predicted octanol–water partition coefficient (Wildman–Crippen LogP) is 3.71. The van der Waals surface area contributed by atoms with Gasteiger partial charge in [0.1, 0.15) is 18.5 Å². The fourth-order valence-corrected chi connectivity index (χ4v) is 2.85. The van der Waals surface area contributed by atoms with Crippen molar-refractivity contribution in [3.8, 4) is 5.75 Å². The van der Waals surface area contributed by atoms with E-state index < -0.39 is 16.9 Å². The van der Waals surface area contributed by atoms with Gasteiger partial charge in [-0.25, -0.2) is 0 Å². The van der Waals surface area contributed by atoms with E-state index in [0.29, 0.717) is 11.3 Å². The summed E-state index contributed by atoms with van der Waals surface area (Å²) < 4.78 is 5.61. The van der Waals surface area contributed by atoms with Crippen LogP contribution in [-0.2, 0) is 5.41 Å². The fraction of sp³-hybridized carbons (Fsp3) is 0.409. The van der Waals surface area contributed by atoms with Crippen molar-refractivity contribution in [2.75, 3.05) is 20.2 Å². The first-order chi connectivity index (χ1) is 13.5. The van der Waals surface area contributed by atoms with Crippen molar-refractivity contribution in [3.05, 3.63) is 69.3 Å². The molecular formula is C22H28N2O5. The number of hydrogen-bond acceptors (Lipinski definition) is 5. The van der Waals surface area contributed by atoms with Crippen molar-refractivity contribution in [2.45, 2.75) is 39.2 Å². The molecule has 0 heterocycles. The Morgan fingerprint density at radius 3 is 2.38 bits per heavy atom. The number of nitrogens with zero attached hydrogens (tertiary/aromatic N) is 2. The number of hydrogen-bond donors (Lipinski definition) is 1. The number of ether oxygens (including phenoxy) is 1. The third-order valence-electron chi connectivity index (χ3n) is 4.65. The molecule has 0 saturated heterocycles. The topological polar surface area (TPSA) is 92.9 Å². The van der Waals surface area contributed by atoms with Crippen LogP contribution in [0.25, 0.3) is 0 Å². The van der Waals surface area contributed by atoms with E-state index >= 15 is 0 Å². The van der Waals surface area contributed by atoms with Crippen LogP contribution in [-0.4, -0.2) is 47.1 Å². The van der Waals surface area contributed by atoms with Crippen molar-refractivity contribution >= 4 is 11.6 Å². The van der Waals surface area contributed by atoms with E-state index in [4.69, 9.17) is 4.74 Å². The minimum Gasteiger partial charge on any atom is -0.491 e. The smallest absolute Gasteiger partial charge is 0.273 e. The quantitative estimate of drug-likeness (QED) is 0.565. The number of aliphatic hydroxyl groups excluding tert-OH is 1. The summed E-state index contributed by atoms with van der Waals surface area (Å²) in [6.07, 6.45) is -0.897. The summed E-state index contributed by atoms with van der Waals surface area (Å²) in [4.78, 5) is 24.4. The Balaban J connectivity index is 1.93. The summed E-state index contributed by atoms with van der Waals surface area (Å²) in [5, 5.41) is 21.3. The van der Waals surface area contributed by atoms with Crippen molar-refractivity contribution in [3.63, 3.8) is 0 Å². The maximum Gasteiger partial charge on any atom is 0.273 e. The zero-order chi connectivity index (χ0) is 21.8. The molecule has 0 aliphatic rings. The lowest BCUT2D eigenvalue weighted by atomic mass is 9.87. The molecule has 0 aliphatic carbocycles. The van der Waals surface area contributed by atoms with Gasteiger partial charge in [0.25, 0.3) is 11.6 Å².